The number of halogens is 4. The molecule has 0 aromatic carbocycles. The number of carbonyl (C=O) groups excluding carboxylic acids is 1. The fraction of sp³-hybridized carbons (Fsp3) is 0.500. The van der Waals surface area contributed by atoms with Gasteiger partial charge in [-0.1, -0.05) is 0 Å². The van der Waals surface area contributed by atoms with Crippen molar-refractivity contribution < 1.29 is 18.0 Å². The molecule has 130 valence electrons. The van der Waals surface area contributed by atoms with Crippen molar-refractivity contribution in [3.8, 4) is 0 Å². The number of hydrogen-bond donors (Lipinski definition) is 1. The van der Waals surface area contributed by atoms with Gasteiger partial charge in [0.15, 0.2) is 11.2 Å². The second-order valence-corrected chi connectivity index (χ2v) is 6.09. The molecule has 24 heavy (non-hydrogen) atoms. The Morgan fingerprint density at radius 1 is 1.29 bits per heavy atom. The maximum atomic E-state index is 12.5. The highest BCUT2D eigenvalue weighted by Gasteiger charge is 2.43. The van der Waals surface area contributed by atoms with Crippen LogP contribution >= 0.6 is 16.1 Å². The maximum absolute atomic E-state index is 12.5. The van der Waals surface area contributed by atoms with E-state index < -0.39 is 23.3 Å². The van der Waals surface area contributed by atoms with Gasteiger partial charge in [-0.3, -0.25) is 14.6 Å². The lowest BCUT2D eigenvalue weighted by atomic mass is 10.0. The lowest BCUT2D eigenvalue weighted by Crippen LogP contribution is -2.45. The molecule has 1 N–H and O–H groups in total. The van der Waals surface area contributed by atoms with Crippen molar-refractivity contribution in [1.82, 2.24) is 23.0 Å². The second-order valence-electron chi connectivity index (χ2n) is 5.39. The second kappa shape index (κ2) is 5.76. The van der Waals surface area contributed by atoms with Crippen molar-refractivity contribution in [2.24, 2.45) is 0 Å². The van der Waals surface area contributed by atoms with Gasteiger partial charge in [0.1, 0.15) is 0 Å². The number of nitrogens with one attached hydrogen (secondary N) is 1. The minimum absolute atomic E-state index is 0.0419. The number of hydrogen-bond acceptors (Lipinski definition) is 4. The van der Waals surface area contributed by atoms with Gasteiger partial charge in [-0.2, -0.15) is 13.2 Å². The predicted molar refractivity (Wildman–Crippen MR) is 79.8 cm³/mol. The van der Waals surface area contributed by atoms with Crippen LogP contribution in [0.2, 0.25) is 0 Å². The average molecular weight is 410 g/mol. The van der Waals surface area contributed by atoms with Crippen molar-refractivity contribution in [2.75, 3.05) is 13.1 Å². The van der Waals surface area contributed by atoms with Gasteiger partial charge in [0.05, 0.1) is 22.5 Å². The van der Waals surface area contributed by atoms with Crippen LogP contribution in [-0.4, -0.2) is 48.2 Å². The van der Waals surface area contributed by atoms with Crippen LogP contribution in [0.3, 0.4) is 0 Å². The Morgan fingerprint density at radius 3 is 2.50 bits per heavy atom. The van der Waals surface area contributed by atoms with Crippen LogP contribution in [-0.2, 0) is 4.79 Å². The Balaban J connectivity index is 1.88. The summed E-state index contributed by atoms with van der Waals surface area (Å²) in [5.41, 5.74) is -1.06. The molecule has 0 radical (unpaired) electrons. The molecule has 0 saturated carbocycles. The molecule has 0 unspecified atom stereocenters. The van der Waals surface area contributed by atoms with Gasteiger partial charge in [-0.15, -0.1) is 0 Å². The van der Waals surface area contributed by atoms with Crippen LogP contribution in [0.1, 0.15) is 18.9 Å². The quantitative estimate of drug-likeness (QED) is 0.752. The molecule has 12 heteroatoms. The van der Waals surface area contributed by atoms with Gasteiger partial charge in [0, 0.05) is 19.1 Å². The third kappa shape index (κ3) is 2.74. The van der Waals surface area contributed by atoms with Crippen LogP contribution in [0.4, 0.5) is 13.2 Å². The van der Waals surface area contributed by atoms with E-state index in [1.54, 1.807) is 4.57 Å². The van der Waals surface area contributed by atoms with E-state index in [4.69, 9.17) is 0 Å². The topological polar surface area (TPSA) is 93.0 Å². The van der Waals surface area contributed by atoms with Crippen molar-refractivity contribution >= 4 is 33.2 Å². The number of aromatic nitrogens is 4. The largest absolute Gasteiger partial charge is 0.471 e. The zero-order valence-corrected chi connectivity index (χ0v) is 13.6. The number of aromatic amines is 1. The standard InChI is InChI=1S/C12H11BrF3N5O3/c13-21-9-7(8(22)18-11(21)24)17-5-20(9)6-1-3-19(4-2-6)10(23)12(14,15)16/h5-6H,1-4H2,(H,18,22,24). The molecule has 0 spiro atoms. The number of rotatable bonds is 1. The van der Waals surface area contributed by atoms with Gasteiger partial charge in [0.25, 0.3) is 5.56 Å². The van der Waals surface area contributed by atoms with E-state index in [1.165, 1.54) is 6.33 Å². The van der Waals surface area contributed by atoms with E-state index in [1.807, 2.05) is 0 Å². The highest BCUT2D eigenvalue weighted by Crippen LogP contribution is 2.28. The first-order valence-electron chi connectivity index (χ1n) is 6.94. The first kappa shape index (κ1) is 16.7. The summed E-state index contributed by atoms with van der Waals surface area (Å²) >= 11 is 3.03. The Labute approximate surface area is 140 Å². The third-order valence-corrected chi connectivity index (χ3v) is 4.61. The molecule has 2 aromatic heterocycles. The summed E-state index contributed by atoms with van der Waals surface area (Å²) in [4.78, 5) is 41.5. The number of likely N-dealkylation sites (tertiary alicyclic amines) is 1. The van der Waals surface area contributed by atoms with E-state index >= 15 is 0 Å². The van der Waals surface area contributed by atoms with Crippen molar-refractivity contribution in [2.45, 2.75) is 25.1 Å². The zero-order chi connectivity index (χ0) is 17.6. The summed E-state index contributed by atoms with van der Waals surface area (Å²) < 4.78 is 40.0. The smallest absolute Gasteiger partial charge is 0.335 e. The number of nitrogens with zero attached hydrogens (tertiary/aromatic N) is 4. The molecule has 0 atom stereocenters. The fourth-order valence-corrected chi connectivity index (χ4v) is 3.24. The summed E-state index contributed by atoms with van der Waals surface area (Å²) in [5, 5.41) is 0. The average Bonchev–Trinajstić information content (AvgIpc) is 2.97. The molecule has 1 amide bonds. The highest BCUT2D eigenvalue weighted by molar-refractivity contribution is 9.08. The Morgan fingerprint density at radius 2 is 1.92 bits per heavy atom. The SMILES string of the molecule is O=C(N1CCC(n2cnc3c(=O)[nH]c(=O)n(Br)c32)CC1)C(F)(F)F. The van der Waals surface area contributed by atoms with Crippen molar-refractivity contribution in [3.63, 3.8) is 0 Å². The summed E-state index contributed by atoms with van der Waals surface area (Å²) in [6, 6.07) is -0.280. The van der Waals surface area contributed by atoms with Crippen LogP contribution < -0.4 is 11.2 Å². The number of piperidine rings is 1. The van der Waals surface area contributed by atoms with E-state index in [9.17, 15) is 27.6 Å². The van der Waals surface area contributed by atoms with Gasteiger partial charge in [-0.25, -0.2) is 13.4 Å². The number of imidazole rings is 1. The summed E-state index contributed by atoms with van der Waals surface area (Å²) in [6.07, 6.45) is -3.02. The summed E-state index contributed by atoms with van der Waals surface area (Å²) in [6.45, 7) is -0.142. The first-order chi connectivity index (χ1) is 11.2. The molecular formula is C12H11BrF3N5O3. The van der Waals surface area contributed by atoms with E-state index in [0.29, 0.717) is 0 Å². The number of fused-ring (bicyclic) bond motifs is 1. The lowest BCUT2D eigenvalue weighted by Gasteiger charge is -2.33. The summed E-state index contributed by atoms with van der Waals surface area (Å²) in [7, 11) is 0. The van der Waals surface area contributed by atoms with E-state index in [-0.39, 0.29) is 43.1 Å². The van der Waals surface area contributed by atoms with Crippen molar-refractivity contribution in [3.05, 3.63) is 27.2 Å². The maximum Gasteiger partial charge on any atom is 0.471 e. The van der Waals surface area contributed by atoms with Crippen LogP contribution in [0, 0.1) is 0 Å². The van der Waals surface area contributed by atoms with Crippen LogP contribution in [0.25, 0.3) is 11.2 Å². The molecule has 0 aliphatic carbocycles. The van der Waals surface area contributed by atoms with E-state index in [2.05, 4.69) is 26.1 Å². The molecule has 1 aliphatic rings. The molecule has 1 saturated heterocycles. The molecule has 8 nitrogen and oxygen atoms in total. The molecule has 1 aliphatic heterocycles. The van der Waals surface area contributed by atoms with Gasteiger partial charge >= 0.3 is 17.8 Å². The first-order valence-corrected chi connectivity index (χ1v) is 7.65. The Hall–Kier alpha value is -2.11. The monoisotopic (exact) mass is 409 g/mol. The summed E-state index contributed by atoms with van der Waals surface area (Å²) in [5.74, 6) is -1.86. The van der Waals surface area contributed by atoms with Gasteiger partial charge < -0.3 is 9.47 Å². The normalized spacial score (nSPS) is 16.8. The molecule has 2 aromatic rings. The molecule has 3 heterocycles. The van der Waals surface area contributed by atoms with E-state index in [0.717, 1.165) is 8.49 Å². The van der Waals surface area contributed by atoms with Crippen LogP contribution in [0.15, 0.2) is 15.9 Å². The van der Waals surface area contributed by atoms with Crippen molar-refractivity contribution in [1.29, 1.82) is 0 Å². The molecular weight excluding hydrogens is 399 g/mol. The van der Waals surface area contributed by atoms with Crippen LogP contribution in [0.5, 0.6) is 0 Å². The lowest BCUT2D eigenvalue weighted by molar-refractivity contribution is -0.186. The molecule has 1 fully saturated rings. The number of amides is 1. The van der Waals surface area contributed by atoms with Gasteiger partial charge in [0.2, 0.25) is 0 Å². The third-order valence-electron chi connectivity index (χ3n) is 3.95. The number of H-pyrrole nitrogens is 1. The molecule has 0 bridgehead atoms. The Bertz CT molecular complexity index is 907. The predicted octanol–water partition coefficient (Wildman–Crippen LogP) is 0.770. The number of alkyl halides is 3. The zero-order valence-electron chi connectivity index (χ0n) is 12.0. The Kier molecular flexibility index (Phi) is 4.01. The molecule has 3 rings (SSSR count). The number of carbonyl (C=O) groups is 1. The minimum atomic E-state index is -4.89. The highest BCUT2D eigenvalue weighted by atomic mass is 79.9. The fourth-order valence-electron chi connectivity index (χ4n) is 2.80. The minimum Gasteiger partial charge on any atom is -0.335 e. The van der Waals surface area contributed by atoms with Gasteiger partial charge in [-0.05, 0) is 12.8 Å².